The van der Waals surface area contributed by atoms with Gasteiger partial charge in [-0.3, -0.25) is 4.79 Å². The molecule has 0 saturated heterocycles. The minimum absolute atomic E-state index is 0.0941. The quantitative estimate of drug-likeness (QED) is 0.511. The van der Waals surface area contributed by atoms with E-state index in [1.807, 2.05) is 12.1 Å². The molecule has 2 heterocycles. The number of aromatic nitrogens is 4. The van der Waals surface area contributed by atoms with Crippen molar-refractivity contribution in [3.63, 3.8) is 0 Å². The maximum Gasteiger partial charge on any atom is 0.231 e. The van der Waals surface area contributed by atoms with Crippen LogP contribution in [0.5, 0.6) is 17.4 Å². The Hall–Kier alpha value is -3.36. The van der Waals surface area contributed by atoms with E-state index in [0.29, 0.717) is 54.3 Å². The predicted molar refractivity (Wildman–Crippen MR) is 119 cm³/mol. The van der Waals surface area contributed by atoms with E-state index in [0.717, 1.165) is 18.4 Å². The Balaban J connectivity index is 1.38. The first kappa shape index (κ1) is 21.9. The van der Waals surface area contributed by atoms with Crippen LogP contribution < -0.4 is 19.5 Å². The molecule has 1 aliphatic rings. The Kier molecular flexibility index (Phi) is 7.03. The highest BCUT2D eigenvalue weighted by atomic mass is 16.5. The van der Waals surface area contributed by atoms with E-state index in [4.69, 9.17) is 14.2 Å². The normalized spacial score (nSPS) is 14.3. The molecule has 170 valence electrons. The molecule has 0 bridgehead atoms. The highest BCUT2D eigenvalue weighted by molar-refractivity contribution is 5.76. The summed E-state index contributed by atoms with van der Waals surface area (Å²) < 4.78 is 18.1. The van der Waals surface area contributed by atoms with Crippen LogP contribution in [-0.4, -0.2) is 53.1 Å². The smallest absolute Gasteiger partial charge is 0.231 e. The molecule has 3 aromatic rings. The zero-order valence-electron chi connectivity index (χ0n) is 18.5. The highest BCUT2D eigenvalue weighted by Crippen LogP contribution is 2.32. The lowest BCUT2D eigenvalue weighted by Crippen LogP contribution is -2.30. The Bertz CT molecular complexity index is 1060. The molecular weight excluding hydrogens is 410 g/mol. The summed E-state index contributed by atoms with van der Waals surface area (Å²) in [4.78, 5) is 12.1. The Morgan fingerprint density at radius 2 is 1.94 bits per heavy atom. The molecule has 1 fully saturated rings. The number of hydrogen-bond donors (Lipinski definition) is 1. The van der Waals surface area contributed by atoms with Gasteiger partial charge in [-0.05, 0) is 37.0 Å². The lowest BCUT2D eigenvalue weighted by Gasteiger charge is -2.20. The molecule has 0 radical (unpaired) electrons. The van der Waals surface area contributed by atoms with Gasteiger partial charge in [-0.1, -0.05) is 19.3 Å². The van der Waals surface area contributed by atoms with E-state index in [-0.39, 0.29) is 5.91 Å². The predicted octanol–water partition coefficient (Wildman–Crippen LogP) is 3.27. The summed E-state index contributed by atoms with van der Waals surface area (Å²) in [6, 6.07) is 8.99. The number of nitrogens with one attached hydrogen (secondary N) is 1. The first-order valence-electron chi connectivity index (χ1n) is 11.0. The second kappa shape index (κ2) is 10.3. The summed E-state index contributed by atoms with van der Waals surface area (Å²) in [5.74, 6) is 2.86. The molecule has 32 heavy (non-hydrogen) atoms. The highest BCUT2D eigenvalue weighted by Gasteiger charge is 2.17. The minimum Gasteiger partial charge on any atom is -0.497 e. The summed E-state index contributed by atoms with van der Waals surface area (Å²) in [7, 11) is 3.19. The number of rotatable bonds is 9. The van der Waals surface area contributed by atoms with Crippen LogP contribution in [0.25, 0.3) is 17.0 Å². The molecule has 0 atom stereocenters. The van der Waals surface area contributed by atoms with Gasteiger partial charge < -0.3 is 19.5 Å². The van der Waals surface area contributed by atoms with Gasteiger partial charge in [0.25, 0.3) is 0 Å². The third-order valence-corrected chi connectivity index (χ3v) is 5.76. The summed E-state index contributed by atoms with van der Waals surface area (Å²) in [5.41, 5.74) is 1.33. The van der Waals surface area contributed by atoms with Crippen molar-refractivity contribution < 1.29 is 19.0 Å². The van der Waals surface area contributed by atoms with Crippen LogP contribution in [0.4, 0.5) is 0 Å². The lowest BCUT2D eigenvalue weighted by atomic mass is 9.87. The van der Waals surface area contributed by atoms with Gasteiger partial charge in [-0.25, -0.2) is 0 Å². The monoisotopic (exact) mass is 439 g/mol. The van der Waals surface area contributed by atoms with Crippen LogP contribution in [-0.2, 0) is 4.79 Å². The largest absolute Gasteiger partial charge is 0.497 e. The number of carbonyl (C=O) groups is 1. The zero-order valence-corrected chi connectivity index (χ0v) is 18.5. The van der Waals surface area contributed by atoms with Crippen molar-refractivity contribution in [2.24, 2.45) is 5.92 Å². The van der Waals surface area contributed by atoms with E-state index in [1.165, 1.54) is 19.3 Å². The van der Waals surface area contributed by atoms with Crippen LogP contribution in [0, 0.1) is 5.92 Å². The van der Waals surface area contributed by atoms with E-state index < -0.39 is 0 Å². The Labute approximate surface area is 187 Å². The number of benzene rings is 1. The fourth-order valence-corrected chi connectivity index (χ4v) is 4.07. The van der Waals surface area contributed by atoms with Gasteiger partial charge in [0.05, 0.1) is 26.3 Å². The second-order valence-corrected chi connectivity index (χ2v) is 7.94. The van der Waals surface area contributed by atoms with Crippen LogP contribution in [0.15, 0.2) is 30.3 Å². The third kappa shape index (κ3) is 5.09. The van der Waals surface area contributed by atoms with E-state index in [9.17, 15) is 4.79 Å². The van der Waals surface area contributed by atoms with Gasteiger partial charge in [0, 0.05) is 18.6 Å². The molecule has 9 nitrogen and oxygen atoms in total. The Morgan fingerprint density at radius 1 is 1.09 bits per heavy atom. The van der Waals surface area contributed by atoms with Gasteiger partial charge in [-0.2, -0.15) is 4.52 Å². The topological polar surface area (TPSA) is 99.9 Å². The van der Waals surface area contributed by atoms with Crippen molar-refractivity contribution in [3.05, 3.63) is 30.3 Å². The number of nitrogens with zero attached hydrogens (tertiary/aromatic N) is 4. The van der Waals surface area contributed by atoms with Gasteiger partial charge in [0.15, 0.2) is 11.5 Å². The lowest BCUT2D eigenvalue weighted by molar-refractivity contribution is -0.122. The number of carbonyl (C=O) groups excluding carboxylic acids is 1. The van der Waals surface area contributed by atoms with E-state index in [1.54, 1.807) is 36.9 Å². The maximum atomic E-state index is 12.1. The molecule has 1 aromatic carbocycles. The number of ether oxygens (including phenoxy) is 3. The first-order valence-corrected chi connectivity index (χ1v) is 11.0. The second-order valence-electron chi connectivity index (χ2n) is 7.94. The van der Waals surface area contributed by atoms with Crippen molar-refractivity contribution in [3.8, 4) is 28.8 Å². The molecular formula is C23H29N5O4. The summed E-state index contributed by atoms with van der Waals surface area (Å²) in [5, 5.41) is 15.9. The number of amides is 1. The molecule has 1 aliphatic carbocycles. The molecule has 1 amide bonds. The van der Waals surface area contributed by atoms with Crippen LogP contribution in [0.1, 0.15) is 38.5 Å². The van der Waals surface area contributed by atoms with Gasteiger partial charge in [0.1, 0.15) is 18.1 Å². The fourth-order valence-electron chi connectivity index (χ4n) is 4.07. The zero-order chi connectivity index (χ0) is 22.3. The Morgan fingerprint density at radius 3 is 2.72 bits per heavy atom. The van der Waals surface area contributed by atoms with E-state index >= 15 is 0 Å². The SMILES string of the molecule is COc1ccc(-c2nnc3ccc(OCCNC(=O)CC4CCCCC4)nn23)c(OC)c1. The van der Waals surface area contributed by atoms with E-state index in [2.05, 4.69) is 20.6 Å². The molecule has 0 unspecified atom stereocenters. The third-order valence-electron chi connectivity index (χ3n) is 5.76. The van der Waals surface area contributed by atoms with Crippen molar-refractivity contribution in [1.29, 1.82) is 0 Å². The number of methoxy groups -OCH3 is 2. The van der Waals surface area contributed by atoms with Crippen molar-refractivity contribution in [2.75, 3.05) is 27.4 Å². The van der Waals surface area contributed by atoms with Crippen LogP contribution in [0.3, 0.4) is 0 Å². The molecule has 1 N–H and O–H groups in total. The van der Waals surface area contributed by atoms with Gasteiger partial charge in [0.2, 0.25) is 11.8 Å². The summed E-state index contributed by atoms with van der Waals surface area (Å²) in [6.07, 6.45) is 6.70. The van der Waals surface area contributed by atoms with Crippen LogP contribution >= 0.6 is 0 Å². The molecule has 0 aliphatic heterocycles. The number of hydrogen-bond acceptors (Lipinski definition) is 7. The standard InChI is InChI=1S/C23H29N5O4/c1-30-17-8-9-18(19(15-17)31-2)23-26-25-20-10-11-22(27-28(20)23)32-13-12-24-21(29)14-16-6-4-3-5-7-16/h8-11,15-16H,3-7,12-14H2,1-2H3,(H,24,29). The fraction of sp³-hybridized carbons (Fsp3) is 0.478. The van der Waals surface area contributed by atoms with Crippen molar-refractivity contribution in [2.45, 2.75) is 38.5 Å². The van der Waals surface area contributed by atoms with Gasteiger partial charge in [-0.15, -0.1) is 15.3 Å². The van der Waals surface area contributed by atoms with Crippen molar-refractivity contribution >= 4 is 11.6 Å². The van der Waals surface area contributed by atoms with Crippen LogP contribution in [0.2, 0.25) is 0 Å². The molecule has 1 saturated carbocycles. The molecule has 2 aromatic heterocycles. The average Bonchev–Trinajstić information content (AvgIpc) is 3.25. The minimum atomic E-state index is 0.0941. The van der Waals surface area contributed by atoms with Crippen molar-refractivity contribution in [1.82, 2.24) is 25.1 Å². The summed E-state index contributed by atoms with van der Waals surface area (Å²) in [6.45, 7) is 0.769. The van der Waals surface area contributed by atoms with Gasteiger partial charge >= 0.3 is 0 Å². The maximum absolute atomic E-state index is 12.1. The molecule has 0 spiro atoms. The molecule has 9 heteroatoms. The summed E-state index contributed by atoms with van der Waals surface area (Å²) >= 11 is 0. The first-order chi connectivity index (χ1) is 15.7. The number of fused-ring (bicyclic) bond motifs is 1. The average molecular weight is 440 g/mol. The molecule has 4 rings (SSSR count).